The zero-order valence-corrected chi connectivity index (χ0v) is 9.83. The van der Waals surface area contributed by atoms with Crippen LogP contribution in [0.15, 0.2) is 35.0 Å². The fourth-order valence-corrected chi connectivity index (χ4v) is 2.92. The van der Waals surface area contributed by atoms with Crippen LogP contribution in [-0.4, -0.2) is 6.54 Å². The number of fused-ring (bicyclic) bond motifs is 1. The van der Waals surface area contributed by atoms with Crippen molar-refractivity contribution in [2.75, 3.05) is 17.2 Å². The molecule has 0 saturated heterocycles. The van der Waals surface area contributed by atoms with Crippen LogP contribution >= 0.6 is 11.3 Å². The molecule has 16 heavy (non-hydrogen) atoms. The summed E-state index contributed by atoms with van der Waals surface area (Å²) in [6, 6.07) is 8.43. The predicted molar refractivity (Wildman–Crippen MR) is 69.9 cm³/mol. The fourth-order valence-electron chi connectivity index (χ4n) is 2.26. The molecule has 3 rings (SSSR count). The highest BCUT2D eigenvalue weighted by Gasteiger charge is 2.18. The van der Waals surface area contributed by atoms with Crippen molar-refractivity contribution in [2.24, 2.45) is 0 Å². The Morgan fingerprint density at radius 3 is 3.06 bits per heavy atom. The minimum Gasteiger partial charge on any atom is -0.399 e. The van der Waals surface area contributed by atoms with E-state index in [0.29, 0.717) is 0 Å². The van der Waals surface area contributed by atoms with Gasteiger partial charge in [0.2, 0.25) is 0 Å². The average Bonchev–Trinajstić information content (AvgIpc) is 2.89. The Hall–Kier alpha value is -1.48. The quantitative estimate of drug-likeness (QED) is 0.804. The Morgan fingerprint density at radius 1 is 1.31 bits per heavy atom. The molecule has 0 aliphatic carbocycles. The number of hydrogen-bond acceptors (Lipinski definition) is 3. The lowest BCUT2D eigenvalue weighted by molar-refractivity contribution is 0.838. The van der Waals surface area contributed by atoms with Crippen LogP contribution in [0.5, 0.6) is 0 Å². The largest absolute Gasteiger partial charge is 0.399 e. The lowest BCUT2D eigenvalue weighted by Gasteiger charge is -2.18. The SMILES string of the molecule is Nc1ccc2c(c1)CCN2Cc1ccsc1. The van der Waals surface area contributed by atoms with Gasteiger partial charge in [-0.05, 0) is 52.6 Å². The molecule has 0 bridgehead atoms. The van der Waals surface area contributed by atoms with Crippen LogP contribution in [0, 0.1) is 0 Å². The number of nitrogens with two attached hydrogens (primary N) is 1. The average molecular weight is 230 g/mol. The molecule has 2 N–H and O–H groups in total. The summed E-state index contributed by atoms with van der Waals surface area (Å²) in [7, 11) is 0. The van der Waals surface area contributed by atoms with Gasteiger partial charge in [0, 0.05) is 24.5 Å². The normalized spacial score (nSPS) is 14.1. The Labute approximate surface area is 99.3 Å². The second-order valence-electron chi connectivity index (χ2n) is 4.19. The van der Waals surface area contributed by atoms with Crippen molar-refractivity contribution in [1.29, 1.82) is 0 Å². The molecular formula is C13H14N2S. The Morgan fingerprint density at radius 2 is 2.25 bits per heavy atom. The Balaban J connectivity index is 1.86. The highest BCUT2D eigenvalue weighted by Crippen LogP contribution is 2.30. The summed E-state index contributed by atoms with van der Waals surface area (Å²) in [6.45, 7) is 2.12. The van der Waals surface area contributed by atoms with E-state index in [9.17, 15) is 0 Å². The summed E-state index contributed by atoms with van der Waals surface area (Å²) >= 11 is 1.76. The zero-order valence-electron chi connectivity index (χ0n) is 9.02. The van der Waals surface area contributed by atoms with Gasteiger partial charge in [0.05, 0.1) is 0 Å². The van der Waals surface area contributed by atoms with Gasteiger partial charge in [-0.1, -0.05) is 0 Å². The highest BCUT2D eigenvalue weighted by atomic mass is 32.1. The molecule has 0 fully saturated rings. The summed E-state index contributed by atoms with van der Waals surface area (Å²) in [6.07, 6.45) is 1.12. The molecule has 2 aromatic rings. The number of nitrogens with zero attached hydrogens (tertiary/aromatic N) is 1. The summed E-state index contributed by atoms with van der Waals surface area (Å²) < 4.78 is 0. The van der Waals surface area contributed by atoms with Crippen molar-refractivity contribution in [3.05, 3.63) is 46.2 Å². The summed E-state index contributed by atoms with van der Waals surface area (Å²) in [5, 5.41) is 4.35. The molecule has 3 heteroatoms. The molecule has 1 aromatic carbocycles. The number of hydrogen-bond donors (Lipinski definition) is 1. The molecule has 82 valence electrons. The minimum atomic E-state index is 0.871. The number of thiophene rings is 1. The van der Waals surface area contributed by atoms with E-state index in [0.717, 1.165) is 25.2 Å². The van der Waals surface area contributed by atoms with Gasteiger partial charge >= 0.3 is 0 Å². The van der Waals surface area contributed by atoms with Gasteiger partial charge in [-0.3, -0.25) is 0 Å². The molecule has 0 saturated carbocycles. The first-order chi connectivity index (χ1) is 7.83. The van der Waals surface area contributed by atoms with Crippen molar-refractivity contribution in [2.45, 2.75) is 13.0 Å². The Kier molecular flexibility index (Phi) is 2.33. The van der Waals surface area contributed by atoms with Gasteiger partial charge in [-0.15, -0.1) is 0 Å². The summed E-state index contributed by atoms with van der Waals surface area (Å²) in [5.74, 6) is 0. The van der Waals surface area contributed by atoms with E-state index < -0.39 is 0 Å². The smallest absolute Gasteiger partial charge is 0.0437 e. The summed E-state index contributed by atoms with van der Waals surface area (Å²) in [5.41, 5.74) is 10.8. The molecule has 2 nitrogen and oxygen atoms in total. The van der Waals surface area contributed by atoms with Gasteiger partial charge in [0.1, 0.15) is 0 Å². The van der Waals surface area contributed by atoms with Crippen LogP contribution < -0.4 is 10.6 Å². The number of rotatable bonds is 2. The maximum Gasteiger partial charge on any atom is 0.0437 e. The van der Waals surface area contributed by atoms with Crippen molar-refractivity contribution in [1.82, 2.24) is 0 Å². The van der Waals surface area contributed by atoms with E-state index in [1.165, 1.54) is 16.8 Å². The topological polar surface area (TPSA) is 29.3 Å². The lowest BCUT2D eigenvalue weighted by atomic mass is 10.1. The van der Waals surface area contributed by atoms with E-state index in [4.69, 9.17) is 5.73 Å². The number of benzene rings is 1. The number of nitrogen functional groups attached to an aromatic ring is 1. The fraction of sp³-hybridized carbons (Fsp3) is 0.231. The van der Waals surface area contributed by atoms with Crippen LogP contribution in [0.3, 0.4) is 0 Å². The monoisotopic (exact) mass is 230 g/mol. The van der Waals surface area contributed by atoms with Crippen LogP contribution in [0.25, 0.3) is 0 Å². The molecule has 2 heterocycles. The third kappa shape index (κ3) is 1.67. The second kappa shape index (κ2) is 3.83. The molecule has 0 amide bonds. The third-order valence-electron chi connectivity index (χ3n) is 3.05. The molecule has 1 aliphatic rings. The maximum atomic E-state index is 5.80. The minimum absolute atomic E-state index is 0.871. The van der Waals surface area contributed by atoms with Crippen molar-refractivity contribution in [3.63, 3.8) is 0 Å². The zero-order chi connectivity index (χ0) is 11.0. The molecule has 1 aliphatic heterocycles. The molecular weight excluding hydrogens is 216 g/mol. The van der Waals surface area contributed by atoms with Crippen molar-refractivity contribution >= 4 is 22.7 Å². The summed E-state index contributed by atoms with van der Waals surface area (Å²) in [4.78, 5) is 2.43. The van der Waals surface area contributed by atoms with E-state index in [-0.39, 0.29) is 0 Å². The van der Waals surface area contributed by atoms with Crippen LogP contribution in [0.1, 0.15) is 11.1 Å². The van der Waals surface area contributed by atoms with Crippen molar-refractivity contribution < 1.29 is 0 Å². The van der Waals surface area contributed by atoms with Crippen molar-refractivity contribution in [3.8, 4) is 0 Å². The van der Waals surface area contributed by atoms with Crippen LogP contribution in [-0.2, 0) is 13.0 Å². The molecule has 0 spiro atoms. The van der Waals surface area contributed by atoms with Gasteiger partial charge in [-0.25, -0.2) is 0 Å². The third-order valence-corrected chi connectivity index (χ3v) is 3.78. The highest BCUT2D eigenvalue weighted by molar-refractivity contribution is 7.07. The van der Waals surface area contributed by atoms with E-state index in [2.05, 4.69) is 33.9 Å². The molecule has 0 unspecified atom stereocenters. The molecule has 1 aromatic heterocycles. The molecule has 0 atom stereocenters. The van der Waals surface area contributed by atoms with Crippen LogP contribution in [0.2, 0.25) is 0 Å². The Bertz CT molecular complexity index is 491. The van der Waals surface area contributed by atoms with Gasteiger partial charge in [0.15, 0.2) is 0 Å². The maximum absolute atomic E-state index is 5.80. The second-order valence-corrected chi connectivity index (χ2v) is 4.97. The van der Waals surface area contributed by atoms with E-state index in [1.807, 2.05) is 6.07 Å². The first-order valence-corrected chi connectivity index (χ1v) is 6.41. The van der Waals surface area contributed by atoms with Gasteiger partial charge in [-0.2, -0.15) is 11.3 Å². The predicted octanol–water partition coefficient (Wildman–Crippen LogP) is 2.89. The first-order valence-electron chi connectivity index (χ1n) is 5.47. The number of anilines is 2. The first kappa shape index (κ1) is 9.73. The van der Waals surface area contributed by atoms with Gasteiger partial charge < -0.3 is 10.6 Å². The molecule has 0 radical (unpaired) electrons. The van der Waals surface area contributed by atoms with E-state index >= 15 is 0 Å². The van der Waals surface area contributed by atoms with Crippen LogP contribution in [0.4, 0.5) is 11.4 Å². The van der Waals surface area contributed by atoms with E-state index in [1.54, 1.807) is 11.3 Å². The lowest BCUT2D eigenvalue weighted by Crippen LogP contribution is -2.19. The standard InChI is InChI=1S/C13H14N2S/c14-12-1-2-13-11(7-12)3-5-15(13)8-10-4-6-16-9-10/h1-2,4,6-7,9H,3,5,8,14H2. The van der Waals surface area contributed by atoms with Gasteiger partial charge in [0.25, 0.3) is 0 Å².